The molecule has 25 heavy (non-hydrogen) atoms. The van der Waals surface area contributed by atoms with Gasteiger partial charge in [-0.2, -0.15) is 0 Å². The van der Waals surface area contributed by atoms with Crippen molar-refractivity contribution in [2.45, 2.75) is 46.4 Å². The molecule has 0 fully saturated rings. The second-order valence-electron chi connectivity index (χ2n) is 7.08. The van der Waals surface area contributed by atoms with E-state index >= 15 is 0 Å². The van der Waals surface area contributed by atoms with Crippen LogP contribution >= 0.6 is 0 Å². The molecule has 4 nitrogen and oxygen atoms in total. The summed E-state index contributed by atoms with van der Waals surface area (Å²) in [5.41, 5.74) is 1.12. The van der Waals surface area contributed by atoms with Crippen molar-refractivity contribution in [1.82, 2.24) is 4.90 Å². The fourth-order valence-electron chi connectivity index (χ4n) is 2.70. The van der Waals surface area contributed by atoms with Crippen molar-refractivity contribution < 1.29 is 14.3 Å². The molecule has 0 saturated heterocycles. The van der Waals surface area contributed by atoms with Crippen LogP contribution in [0.25, 0.3) is 0 Å². The van der Waals surface area contributed by atoms with E-state index in [1.54, 1.807) is 0 Å². The number of rotatable bonds is 11. The van der Waals surface area contributed by atoms with Gasteiger partial charge in [-0.05, 0) is 43.5 Å². The van der Waals surface area contributed by atoms with Crippen LogP contribution < -0.4 is 0 Å². The Hall–Kier alpha value is -1.62. The molecule has 1 heterocycles. The molecule has 0 aliphatic carbocycles. The van der Waals surface area contributed by atoms with Gasteiger partial charge in [0, 0.05) is 6.54 Å². The predicted octanol–water partition coefficient (Wildman–Crippen LogP) is 4.01. The van der Waals surface area contributed by atoms with E-state index in [4.69, 9.17) is 9.15 Å². The lowest BCUT2D eigenvalue weighted by Crippen LogP contribution is -2.35. The van der Waals surface area contributed by atoms with E-state index in [0.29, 0.717) is 25.7 Å². The average Bonchev–Trinajstić information content (AvgIpc) is 2.98. The Bertz CT molecular complexity index is 594. The Morgan fingerprint density at radius 3 is 2.52 bits per heavy atom. The van der Waals surface area contributed by atoms with E-state index < -0.39 is 6.10 Å². The van der Waals surface area contributed by atoms with Crippen LogP contribution in [0.15, 0.2) is 46.9 Å². The van der Waals surface area contributed by atoms with Crippen LogP contribution in [0.4, 0.5) is 0 Å². The van der Waals surface area contributed by atoms with Crippen molar-refractivity contribution in [1.29, 1.82) is 0 Å². The molecule has 0 aliphatic heterocycles. The summed E-state index contributed by atoms with van der Waals surface area (Å²) in [5, 5.41) is 10.3. The van der Waals surface area contributed by atoms with Gasteiger partial charge in [0.15, 0.2) is 0 Å². The Labute approximate surface area is 151 Å². The molecule has 0 spiro atoms. The first kappa shape index (κ1) is 19.7. The van der Waals surface area contributed by atoms with Crippen LogP contribution in [0.5, 0.6) is 0 Å². The van der Waals surface area contributed by atoms with Crippen molar-refractivity contribution >= 4 is 0 Å². The van der Waals surface area contributed by atoms with Crippen LogP contribution in [0, 0.1) is 12.8 Å². The summed E-state index contributed by atoms with van der Waals surface area (Å²) >= 11 is 0. The third-order valence-corrected chi connectivity index (χ3v) is 4.09. The minimum atomic E-state index is -0.507. The molecule has 138 valence electrons. The Kier molecular flexibility index (Phi) is 8.19. The summed E-state index contributed by atoms with van der Waals surface area (Å²) < 4.78 is 11.3. The van der Waals surface area contributed by atoms with E-state index in [2.05, 4.69) is 18.7 Å². The van der Waals surface area contributed by atoms with Gasteiger partial charge in [0.25, 0.3) is 0 Å². The molecule has 4 heteroatoms. The first-order chi connectivity index (χ1) is 12.0. The molecule has 1 N–H and O–H groups in total. The largest absolute Gasteiger partial charge is 0.465 e. The molecule has 0 saturated carbocycles. The SMILES string of the molecule is Cc1ccc(CN(CCC(C)C)CC(O)COCc2ccccc2)o1. The minimum Gasteiger partial charge on any atom is -0.465 e. The molecule has 0 bridgehead atoms. The highest BCUT2D eigenvalue weighted by Gasteiger charge is 2.15. The van der Waals surface area contributed by atoms with E-state index in [1.165, 1.54) is 0 Å². The summed E-state index contributed by atoms with van der Waals surface area (Å²) in [6, 6.07) is 14.0. The normalized spacial score (nSPS) is 12.9. The fourth-order valence-corrected chi connectivity index (χ4v) is 2.70. The molecule has 2 rings (SSSR count). The Morgan fingerprint density at radius 1 is 1.12 bits per heavy atom. The van der Waals surface area contributed by atoms with E-state index in [0.717, 1.165) is 36.6 Å². The molecule has 2 aromatic rings. The molecule has 1 unspecified atom stereocenters. The second-order valence-corrected chi connectivity index (χ2v) is 7.08. The van der Waals surface area contributed by atoms with Gasteiger partial charge in [-0.25, -0.2) is 0 Å². The number of aryl methyl sites for hydroxylation is 1. The smallest absolute Gasteiger partial charge is 0.118 e. The third kappa shape index (κ3) is 7.86. The first-order valence-electron chi connectivity index (χ1n) is 9.10. The number of aliphatic hydroxyl groups excluding tert-OH is 1. The maximum atomic E-state index is 10.3. The van der Waals surface area contributed by atoms with Crippen LogP contribution in [0.2, 0.25) is 0 Å². The maximum Gasteiger partial charge on any atom is 0.118 e. The van der Waals surface area contributed by atoms with Gasteiger partial charge in [-0.1, -0.05) is 44.2 Å². The van der Waals surface area contributed by atoms with Crippen LogP contribution in [0.1, 0.15) is 37.4 Å². The lowest BCUT2D eigenvalue weighted by molar-refractivity contribution is 0.00691. The molecule has 1 aromatic heterocycles. The number of hydrogen-bond donors (Lipinski definition) is 1. The number of aliphatic hydroxyl groups is 1. The number of benzene rings is 1. The van der Waals surface area contributed by atoms with Crippen LogP contribution in [-0.2, 0) is 17.9 Å². The van der Waals surface area contributed by atoms with Gasteiger partial charge in [-0.3, -0.25) is 4.90 Å². The molecule has 1 aromatic carbocycles. The molecular formula is C21H31NO3. The van der Waals surface area contributed by atoms with Crippen LogP contribution in [0.3, 0.4) is 0 Å². The highest BCUT2D eigenvalue weighted by molar-refractivity contribution is 5.13. The summed E-state index contributed by atoms with van der Waals surface area (Å²) in [7, 11) is 0. The topological polar surface area (TPSA) is 45.8 Å². The van der Waals surface area contributed by atoms with Crippen molar-refractivity contribution in [3.8, 4) is 0 Å². The summed E-state index contributed by atoms with van der Waals surface area (Å²) in [5.74, 6) is 2.50. The Morgan fingerprint density at radius 2 is 1.88 bits per heavy atom. The van der Waals surface area contributed by atoms with Gasteiger partial charge in [0.05, 0.1) is 25.9 Å². The minimum absolute atomic E-state index is 0.338. The molecular weight excluding hydrogens is 314 g/mol. The molecule has 1 atom stereocenters. The van der Waals surface area contributed by atoms with Gasteiger partial charge in [-0.15, -0.1) is 0 Å². The zero-order valence-electron chi connectivity index (χ0n) is 15.6. The zero-order chi connectivity index (χ0) is 18.1. The second kappa shape index (κ2) is 10.4. The van der Waals surface area contributed by atoms with E-state index in [1.807, 2.05) is 49.4 Å². The number of nitrogens with zero attached hydrogens (tertiary/aromatic N) is 1. The third-order valence-electron chi connectivity index (χ3n) is 4.09. The number of hydrogen-bond acceptors (Lipinski definition) is 4. The van der Waals surface area contributed by atoms with Gasteiger partial charge < -0.3 is 14.3 Å². The fraction of sp³-hybridized carbons (Fsp3) is 0.524. The summed E-state index contributed by atoms with van der Waals surface area (Å²) in [4.78, 5) is 2.24. The van der Waals surface area contributed by atoms with Crippen molar-refractivity contribution in [2.75, 3.05) is 19.7 Å². The van der Waals surface area contributed by atoms with E-state index in [-0.39, 0.29) is 0 Å². The van der Waals surface area contributed by atoms with Gasteiger partial charge >= 0.3 is 0 Å². The summed E-state index contributed by atoms with van der Waals surface area (Å²) in [6.07, 6.45) is 0.587. The quantitative estimate of drug-likeness (QED) is 0.668. The highest BCUT2D eigenvalue weighted by Crippen LogP contribution is 2.12. The lowest BCUT2D eigenvalue weighted by atomic mass is 10.1. The molecule has 0 radical (unpaired) electrons. The van der Waals surface area contributed by atoms with Gasteiger partial charge in [0.2, 0.25) is 0 Å². The van der Waals surface area contributed by atoms with Crippen molar-refractivity contribution in [3.05, 3.63) is 59.5 Å². The zero-order valence-corrected chi connectivity index (χ0v) is 15.6. The number of furan rings is 1. The monoisotopic (exact) mass is 345 g/mol. The van der Waals surface area contributed by atoms with Crippen molar-refractivity contribution in [3.63, 3.8) is 0 Å². The standard InChI is InChI=1S/C21H31NO3/c1-17(2)11-12-22(14-21-10-9-18(3)25-21)13-20(23)16-24-15-19-7-5-4-6-8-19/h4-10,17,20,23H,11-16H2,1-3H3. The van der Waals surface area contributed by atoms with Gasteiger partial charge in [0.1, 0.15) is 11.5 Å². The first-order valence-corrected chi connectivity index (χ1v) is 9.10. The molecule has 0 amide bonds. The molecule has 0 aliphatic rings. The average molecular weight is 345 g/mol. The maximum absolute atomic E-state index is 10.3. The van der Waals surface area contributed by atoms with Crippen LogP contribution in [-0.4, -0.2) is 35.8 Å². The Balaban J connectivity index is 1.79. The number of ether oxygens (including phenoxy) is 1. The lowest BCUT2D eigenvalue weighted by Gasteiger charge is -2.25. The highest BCUT2D eigenvalue weighted by atomic mass is 16.5. The predicted molar refractivity (Wildman–Crippen MR) is 100 cm³/mol. The van der Waals surface area contributed by atoms with E-state index in [9.17, 15) is 5.11 Å². The summed E-state index contributed by atoms with van der Waals surface area (Å²) in [6.45, 7) is 9.49. The van der Waals surface area contributed by atoms with Crippen molar-refractivity contribution in [2.24, 2.45) is 5.92 Å².